The summed E-state index contributed by atoms with van der Waals surface area (Å²) in [4.78, 5) is 8.91. The fourth-order valence-electron chi connectivity index (χ4n) is 4.60. The molecule has 0 amide bonds. The fourth-order valence-corrected chi connectivity index (χ4v) is 7.65. The molecule has 2 aliphatic rings. The molecule has 4 aromatic rings. The third-order valence-electron chi connectivity index (χ3n) is 5.82. The lowest BCUT2D eigenvalue weighted by atomic mass is 10.0. The van der Waals surface area contributed by atoms with Crippen molar-refractivity contribution in [2.75, 3.05) is 0 Å². The summed E-state index contributed by atoms with van der Waals surface area (Å²) in [5, 5.41) is 19.2. The van der Waals surface area contributed by atoms with Gasteiger partial charge in [-0.15, -0.1) is 22.7 Å². The molecule has 6 rings (SSSR count). The molecule has 0 bridgehead atoms. The standard InChI is InChI=1S/C26H8N4S2/c1-29-17(11-27)19-13-7-3-5-9-15(13)21-23(19)31-26-22-16-10-6-4-8-14(16)20(18(12-28)30-2)24(22)32-25(21)26/h3-10H/b19-17-,20-18+. The van der Waals surface area contributed by atoms with E-state index in [4.69, 9.17) is 13.1 Å². The first-order valence-corrected chi connectivity index (χ1v) is 11.2. The summed E-state index contributed by atoms with van der Waals surface area (Å²) >= 11 is 3.18. The van der Waals surface area contributed by atoms with E-state index < -0.39 is 0 Å². The van der Waals surface area contributed by atoms with Crippen LogP contribution in [-0.2, 0) is 0 Å². The van der Waals surface area contributed by atoms with Gasteiger partial charge in [0.15, 0.2) is 0 Å². The Morgan fingerprint density at radius 1 is 0.656 bits per heavy atom. The maximum Gasteiger partial charge on any atom is 0.271 e. The molecule has 0 spiro atoms. The van der Waals surface area contributed by atoms with Gasteiger partial charge in [0.2, 0.25) is 0 Å². The van der Waals surface area contributed by atoms with Crippen LogP contribution >= 0.6 is 22.7 Å². The molecule has 2 aromatic carbocycles. The van der Waals surface area contributed by atoms with Gasteiger partial charge >= 0.3 is 0 Å². The van der Waals surface area contributed by atoms with Gasteiger partial charge in [-0.2, -0.15) is 0 Å². The Morgan fingerprint density at radius 3 is 1.38 bits per heavy atom. The number of nitriles is 2. The van der Waals surface area contributed by atoms with Gasteiger partial charge in [0.1, 0.15) is 0 Å². The first-order chi connectivity index (χ1) is 15.7. The van der Waals surface area contributed by atoms with Gasteiger partial charge in [-0.3, -0.25) is 0 Å². The summed E-state index contributed by atoms with van der Waals surface area (Å²) in [6, 6.07) is 19.9. The van der Waals surface area contributed by atoms with Gasteiger partial charge in [0, 0.05) is 32.0 Å². The van der Waals surface area contributed by atoms with Crippen molar-refractivity contribution in [3.63, 3.8) is 0 Å². The van der Waals surface area contributed by atoms with Gasteiger partial charge in [-0.25, -0.2) is 20.2 Å². The number of thiophene rings is 2. The lowest BCUT2D eigenvalue weighted by molar-refractivity contribution is 1.50. The van der Waals surface area contributed by atoms with Crippen molar-refractivity contribution < 1.29 is 0 Å². The minimum Gasteiger partial charge on any atom is -0.226 e. The van der Waals surface area contributed by atoms with Crippen molar-refractivity contribution in [2.24, 2.45) is 0 Å². The summed E-state index contributed by atoms with van der Waals surface area (Å²) in [6.45, 7) is 15.1. The van der Waals surface area contributed by atoms with Crippen LogP contribution in [0.4, 0.5) is 0 Å². The normalized spacial score (nSPS) is 15.5. The average molecular weight is 441 g/mol. The van der Waals surface area contributed by atoms with Gasteiger partial charge in [-0.05, 0) is 22.3 Å². The number of allylic oxidation sites excluding steroid dienone is 2. The number of hydrogen-bond donors (Lipinski definition) is 0. The lowest BCUT2D eigenvalue weighted by Crippen LogP contribution is -1.84. The molecule has 0 radical (unpaired) electrons. The Bertz CT molecular complexity index is 1600. The Labute approximate surface area is 191 Å². The van der Waals surface area contributed by atoms with Crippen molar-refractivity contribution in [1.82, 2.24) is 0 Å². The average Bonchev–Trinajstić information content (AvgIpc) is 3.52. The molecular weight excluding hydrogens is 432 g/mol. The summed E-state index contributed by atoms with van der Waals surface area (Å²) in [5.74, 6) is 0. The maximum absolute atomic E-state index is 9.62. The van der Waals surface area contributed by atoms with Crippen LogP contribution in [0.2, 0.25) is 0 Å². The van der Waals surface area contributed by atoms with Crippen LogP contribution in [0.15, 0.2) is 59.9 Å². The largest absolute Gasteiger partial charge is 0.271 e. The highest BCUT2D eigenvalue weighted by molar-refractivity contribution is 7.31. The number of nitrogens with zero attached hydrogens (tertiary/aromatic N) is 4. The van der Waals surface area contributed by atoms with Crippen LogP contribution in [0.1, 0.15) is 20.9 Å². The molecule has 0 saturated heterocycles. The van der Waals surface area contributed by atoms with E-state index in [-0.39, 0.29) is 11.4 Å². The first kappa shape index (κ1) is 18.3. The molecule has 2 aliphatic carbocycles. The van der Waals surface area contributed by atoms with Gasteiger partial charge in [0.05, 0.1) is 34.7 Å². The monoisotopic (exact) mass is 440 g/mol. The second-order valence-electron chi connectivity index (χ2n) is 7.26. The number of fused-ring (bicyclic) bond motifs is 9. The van der Waals surface area contributed by atoms with Gasteiger partial charge in [-0.1, -0.05) is 48.5 Å². The molecule has 0 aliphatic heterocycles. The summed E-state index contributed by atoms with van der Waals surface area (Å²) < 4.78 is 2.16. The number of hydrogen-bond acceptors (Lipinski definition) is 4. The quantitative estimate of drug-likeness (QED) is 0.183. The molecule has 0 atom stereocenters. The highest BCUT2D eigenvalue weighted by Crippen LogP contribution is 2.61. The number of rotatable bonds is 0. The molecule has 32 heavy (non-hydrogen) atoms. The summed E-state index contributed by atoms with van der Waals surface area (Å²) in [7, 11) is 0. The minimum absolute atomic E-state index is 0.0995. The van der Waals surface area contributed by atoms with Crippen molar-refractivity contribution in [1.29, 1.82) is 10.5 Å². The lowest BCUT2D eigenvalue weighted by Gasteiger charge is -2.03. The molecule has 0 N–H and O–H groups in total. The number of benzene rings is 2. The van der Waals surface area contributed by atoms with Gasteiger partial charge in [0.25, 0.3) is 11.4 Å². The van der Waals surface area contributed by atoms with E-state index >= 15 is 0 Å². The van der Waals surface area contributed by atoms with E-state index in [2.05, 4.69) is 21.8 Å². The zero-order chi connectivity index (χ0) is 22.0. The van der Waals surface area contributed by atoms with Crippen molar-refractivity contribution in [3.8, 4) is 34.4 Å². The van der Waals surface area contributed by atoms with E-state index in [9.17, 15) is 10.5 Å². The Hall–Kier alpha value is -4.46. The van der Waals surface area contributed by atoms with Crippen molar-refractivity contribution in [3.05, 3.63) is 104 Å². The molecule has 4 nitrogen and oxygen atoms in total. The predicted molar refractivity (Wildman–Crippen MR) is 127 cm³/mol. The van der Waals surface area contributed by atoms with Crippen LogP contribution < -0.4 is 0 Å². The first-order valence-electron chi connectivity index (χ1n) is 9.56. The van der Waals surface area contributed by atoms with E-state index in [0.29, 0.717) is 11.1 Å². The molecular formula is C26H8N4S2. The summed E-state index contributed by atoms with van der Waals surface area (Å²) in [5.41, 5.74) is 7.55. The van der Waals surface area contributed by atoms with E-state index in [1.54, 1.807) is 22.7 Å². The van der Waals surface area contributed by atoms with Crippen LogP contribution in [0, 0.1) is 35.8 Å². The molecule has 0 unspecified atom stereocenters. The highest BCUT2D eigenvalue weighted by Gasteiger charge is 2.36. The molecule has 6 heteroatoms. The fraction of sp³-hybridized carbons (Fsp3) is 0. The third-order valence-corrected chi connectivity index (χ3v) is 8.40. The smallest absolute Gasteiger partial charge is 0.226 e. The molecule has 144 valence electrons. The Balaban J connectivity index is 1.79. The van der Waals surface area contributed by atoms with Crippen molar-refractivity contribution in [2.45, 2.75) is 0 Å². The maximum atomic E-state index is 9.62. The van der Waals surface area contributed by atoms with Crippen LogP contribution in [-0.4, -0.2) is 0 Å². The zero-order valence-electron chi connectivity index (χ0n) is 16.2. The minimum atomic E-state index is 0.0995. The Kier molecular flexibility index (Phi) is 3.73. The van der Waals surface area contributed by atoms with Crippen LogP contribution in [0.3, 0.4) is 0 Å². The Morgan fingerprint density at radius 2 is 1.03 bits per heavy atom. The summed E-state index contributed by atoms with van der Waals surface area (Å²) in [6.07, 6.45) is 0. The van der Waals surface area contributed by atoms with Gasteiger partial charge < -0.3 is 0 Å². The second-order valence-corrected chi connectivity index (χ2v) is 9.30. The highest BCUT2D eigenvalue weighted by atomic mass is 32.1. The van der Waals surface area contributed by atoms with Crippen LogP contribution in [0.5, 0.6) is 0 Å². The SMILES string of the molecule is [C-]#[N+]/C(C#N)=C1/c2ccccc2-c2c1sc1c3c(sc21)/C(=C(\C#N)[N+]#[C-])c1ccccc1-3. The molecule has 2 heterocycles. The topological polar surface area (TPSA) is 56.3 Å². The molecule has 0 saturated carbocycles. The van der Waals surface area contributed by atoms with E-state index in [0.717, 1.165) is 52.5 Å². The van der Waals surface area contributed by atoms with Crippen molar-refractivity contribution >= 4 is 43.2 Å². The van der Waals surface area contributed by atoms with E-state index in [1.807, 2.05) is 48.5 Å². The zero-order valence-corrected chi connectivity index (χ0v) is 17.9. The second kappa shape index (κ2) is 6.52. The predicted octanol–water partition coefficient (Wildman–Crippen LogP) is 7.33. The molecule has 0 fully saturated rings. The molecule has 2 aromatic heterocycles. The van der Waals surface area contributed by atoms with Crippen LogP contribution in [0.25, 0.3) is 52.5 Å². The van der Waals surface area contributed by atoms with E-state index in [1.165, 1.54) is 0 Å². The third kappa shape index (κ3) is 2.10.